The van der Waals surface area contributed by atoms with E-state index in [9.17, 15) is 14.4 Å². The van der Waals surface area contributed by atoms with E-state index in [1.54, 1.807) is 11.3 Å². The highest BCUT2D eigenvalue weighted by atomic mass is 35.5. The van der Waals surface area contributed by atoms with Crippen molar-refractivity contribution in [1.82, 2.24) is 14.8 Å². The Bertz CT molecular complexity index is 1560. The van der Waals surface area contributed by atoms with E-state index in [1.165, 1.54) is 9.60 Å². The average molecular weight is 609 g/mol. The summed E-state index contributed by atoms with van der Waals surface area (Å²) >= 11 is 7.98. The maximum Gasteiger partial charge on any atom is 0.282 e. The number of hydrogen-bond donors (Lipinski definition) is 0. The average Bonchev–Trinajstić information content (AvgIpc) is 3.58. The molecule has 2 fully saturated rings. The molecule has 42 heavy (non-hydrogen) atoms. The van der Waals surface area contributed by atoms with Gasteiger partial charge in [-0.3, -0.25) is 4.79 Å². The van der Waals surface area contributed by atoms with E-state index >= 15 is 0 Å². The molecule has 2 saturated heterocycles. The number of ether oxygens (including phenoxy) is 1. The van der Waals surface area contributed by atoms with Crippen LogP contribution in [0.4, 0.5) is 15.9 Å². The van der Waals surface area contributed by atoms with Crippen molar-refractivity contribution in [2.75, 3.05) is 56.2 Å². The van der Waals surface area contributed by atoms with Gasteiger partial charge in [0.15, 0.2) is 5.83 Å². The smallest absolute Gasteiger partial charge is 0.282 e. The number of rotatable bonds is 7. The first kappa shape index (κ1) is 28.7. The van der Waals surface area contributed by atoms with Gasteiger partial charge in [0.05, 0.1) is 33.3 Å². The van der Waals surface area contributed by atoms with Crippen LogP contribution in [0.3, 0.4) is 0 Å². The Labute approximate surface area is 254 Å². The van der Waals surface area contributed by atoms with E-state index in [4.69, 9.17) is 21.3 Å². The molecule has 5 heterocycles. The molecule has 3 aliphatic rings. The molecule has 0 radical (unpaired) electrons. The van der Waals surface area contributed by atoms with E-state index in [0.717, 1.165) is 64.7 Å². The highest BCUT2D eigenvalue weighted by Crippen LogP contribution is 2.40. The monoisotopic (exact) mass is 608 g/mol. The van der Waals surface area contributed by atoms with Crippen molar-refractivity contribution >= 4 is 50.4 Å². The molecule has 11 heteroatoms. The van der Waals surface area contributed by atoms with Crippen LogP contribution < -0.4 is 14.5 Å². The minimum Gasteiger partial charge on any atom is -0.476 e. The van der Waals surface area contributed by atoms with Crippen LogP contribution in [0.5, 0.6) is 5.88 Å². The Hall–Kier alpha value is -3.39. The molecule has 0 spiro atoms. The van der Waals surface area contributed by atoms with E-state index in [1.807, 2.05) is 6.07 Å². The number of halogens is 2. The summed E-state index contributed by atoms with van der Waals surface area (Å²) in [6.07, 6.45) is 3.14. The Morgan fingerprint density at radius 3 is 2.86 bits per heavy atom. The minimum absolute atomic E-state index is 0.100. The fraction of sp³-hybridized carbons (Fsp3) is 0.452. The topological polar surface area (TPSA) is 75.9 Å². The zero-order valence-corrected chi connectivity index (χ0v) is 25.3. The van der Waals surface area contributed by atoms with Gasteiger partial charge in [0.2, 0.25) is 5.88 Å². The first-order chi connectivity index (χ1) is 20.3. The molecule has 220 valence electrons. The summed E-state index contributed by atoms with van der Waals surface area (Å²) in [5, 5.41) is 10.6. The maximum atomic E-state index is 13.8. The Balaban J connectivity index is 1.32. The van der Waals surface area contributed by atoms with Crippen LogP contribution >= 0.6 is 22.9 Å². The molecule has 1 amide bonds. The summed E-state index contributed by atoms with van der Waals surface area (Å²) < 4.78 is 22.1. The van der Waals surface area contributed by atoms with Crippen molar-refractivity contribution < 1.29 is 13.9 Å². The maximum absolute atomic E-state index is 13.8. The molecule has 2 aromatic heterocycles. The van der Waals surface area contributed by atoms with Crippen LogP contribution in [-0.4, -0.2) is 79.2 Å². The van der Waals surface area contributed by atoms with Gasteiger partial charge in [-0.1, -0.05) is 30.3 Å². The normalized spacial score (nSPS) is 21.0. The predicted octanol–water partition coefficient (Wildman–Crippen LogP) is 5.40. The van der Waals surface area contributed by atoms with Gasteiger partial charge in [0.25, 0.3) is 5.91 Å². The lowest BCUT2D eigenvalue weighted by atomic mass is 9.98. The summed E-state index contributed by atoms with van der Waals surface area (Å²) in [6.45, 7) is 7.48. The third kappa shape index (κ3) is 5.65. The second-order valence-corrected chi connectivity index (χ2v) is 13.0. The number of nitrogens with zero attached hydrogens (tertiary/aromatic N) is 6. The van der Waals surface area contributed by atoms with Gasteiger partial charge in [-0.25, -0.2) is 4.39 Å². The largest absolute Gasteiger partial charge is 0.476 e. The number of likely N-dealkylation sites (N-methyl/N-ethyl adjacent to an activating group) is 1. The molecule has 1 aromatic carbocycles. The lowest BCUT2D eigenvalue weighted by Gasteiger charge is -2.42. The van der Waals surface area contributed by atoms with Crippen LogP contribution in [0.1, 0.15) is 30.4 Å². The summed E-state index contributed by atoms with van der Waals surface area (Å²) in [4.78, 5) is 25.8. The number of carbonyl (C=O) groups excluding carboxylic acids is 1. The summed E-state index contributed by atoms with van der Waals surface area (Å²) in [6, 6.07) is 12.5. The predicted molar refractivity (Wildman–Crippen MR) is 165 cm³/mol. The van der Waals surface area contributed by atoms with Crippen molar-refractivity contribution in [3.63, 3.8) is 0 Å². The number of anilines is 2. The number of hydrogen-bond acceptors (Lipinski definition) is 8. The number of pyridine rings is 1. The zero-order chi connectivity index (χ0) is 29.4. The van der Waals surface area contributed by atoms with E-state index in [-0.39, 0.29) is 13.0 Å². The SMILES string of the molecule is C=C(F)C(=O)N1CCN(c2nc(OC[C@@H]3CCCN3C)cc3c2CCN(c2cccc4cc(Cl)sc24)C3)C[C@@H]1CC#N. The van der Waals surface area contributed by atoms with E-state index in [2.05, 4.69) is 58.7 Å². The van der Waals surface area contributed by atoms with Gasteiger partial charge < -0.3 is 24.3 Å². The number of piperazine rings is 1. The number of amides is 1. The second kappa shape index (κ2) is 12.1. The molecular formula is C31H34ClFN6O2S. The standard InChI is InChI=1S/C31H34ClFN6O2S/c1-20(33)31(40)39-14-13-38(18-23(39)8-10-34)30-25-9-12-37(26-7-3-5-21-15-27(32)42-29(21)26)17-22(25)16-28(35-30)41-19-24-6-4-11-36(24)2/h3,5,7,15-16,23-24H,1,4,6,8-9,11-14,17-19H2,2H3/t23-,24-/m0/s1. The molecule has 0 saturated carbocycles. The number of benzene rings is 1. The molecule has 0 unspecified atom stereocenters. The lowest BCUT2D eigenvalue weighted by molar-refractivity contribution is -0.131. The highest BCUT2D eigenvalue weighted by molar-refractivity contribution is 7.23. The van der Waals surface area contributed by atoms with Gasteiger partial charge in [-0.15, -0.1) is 11.3 Å². The number of aromatic nitrogens is 1. The number of likely N-dealkylation sites (tertiary alicyclic amines) is 1. The Kier molecular flexibility index (Phi) is 8.26. The number of carbonyl (C=O) groups is 1. The van der Waals surface area contributed by atoms with Crippen molar-refractivity contribution in [2.24, 2.45) is 0 Å². The summed E-state index contributed by atoms with van der Waals surface area (Å²) in [5.41, 5.74) is 3.46. The first-order valence-electron chi connectivity index (χ1n) is 14.4. The van der Waals surface area contributed by atoms with Crippen LogP contribution in [-0.2, 0) is 17.8 Å². The summed E-state index contributed by atoms with van der Waals surface area (Å²) in [7, 11) is 2.13. The molecule has 8 nitrogen and oxygen atoms in total. The molecule has 6 rings (SSSR count). The number of nitriles is 1. The van der Waals surface area contributed by atoms with Gasteiger partial charge in [0.1, 0.15) is 12.4 Å². The van der Waals surface area contributed by atoms with Crippen LogP contribution in [0.25, 0.3) is 10.1 Å². The Morgan fingerprint density at radius 1 is 1.24 bits per heavy atom. The van der Waals surface area contributed by atoms with E-state index < -0.39 is 17.8 Å². The third-order valence-electron chi connectivity index (χ3n) is 8.70. The highest BCUT2D eigenvalue weighted by Gasteiger charge is 2.34. The van der Waals surface area contributed by atoms with Gasteiger partial charge in [-0.2, -0.15) is 10.2 Å². The first-order valence-corrected chi connectivity index (χ1v) is 15.6. The third-order valence-corrected chi connectivity index (χ3v) is 10.00. The van der Waals surface area contributed by atoms with Gasteiger partial charge >= 0.3 is 0 Å². The number of fused-ring (bicyclic) bond motifs is 2. The molecule has 3 aliphatic heterocycles. The van der Waals surface area contributed by atoms with Crippen molar-refractivity contribution in [3.05, 3.63) is 58.2 Å². The fourth-order valence-corrected chi connectivity index (χ4v) is 7.73. The van der Waals surface area contributed by atoms with Crippen molar-refractivity contribution in [2.45, 2.75) is 44.3 Å². The minimum atomic E-state index is -1.00. The van der Waals surface area contributed by atoms with Gasteiger partial charge in [0, 0.05) is 50.4 Å². The zero-order valence-electron chi connectivity index (χ0n) is 23.7. The molecule has 0 bridgehead atoms. The van der Waals surface area contributed by atoms with Crippen LogP contribution in [0.15, 0.2) is 42.7 Å². The second-order valence-electron chi connectivity index (χ2n) is 11.3. The lowest BCUT2D eigenvalue weighted by Crippen LogP contribution is -2.55. The molecule has 2 atom stereocenters. The van der Waals surface area contributed by atoms with Crippen LogP contribution in [0, 0.1) is 11.3 Å². The van der Waals surface area contributed by atoms with Crippen LogP contribution in [0.2, 0.25) is 4.34 Å². The van der Waals surface area contributed by atoms with E-state index in [0.29, 0.717) is 38.2 Å². The van der Waals surface area contributed by atoms with Crippen molar-refractivity contribution in [1.29, 1.82) is 5.26 Å². The molecule has 3 aromatic rings. The molecule has 0 aliphatic carbocycles. The fourth-order valence-electron chi connectivity index (χ4n) is 6.46. The Morgan fingerprint density at radius 2 is 2.10 bits per heavy atom. The van der Waals surface area contributed by atoms with Gasteiger partial charge in [-0.05, 0) is 55.9 Å². The number of thiophene rings is 1. The van der Waals surface area contributed by atoms with Crippen molar-refractivity contribution in [3.8, 4) is 11.9 Å². The molecular weight excluding hydrogens is 575 g/mol. The quantitative estimate of drug-likeness (QED) is 0.333. The molecule has 0 N–H and O–H groups in total. The summed E-state index contributed by atoms with van der Waals surface area (Å²) in [5.74, 6) is -0.346.